The number of hydrogen-bond acceptors (Lipinski definition) is 2. The van der Waals surface area contributed by atoms with Gasteiger partial charge in [0.15, 0.2) is 11.6 Å². The fourth-order valence-corrected chi connectivity index (χ4v) is 1.58. The maximum atomic E-state index is 13.3. The lowest BCUT2D eigenvalue weighted by atomic mass is 10.1. The lowest BCUT2D eigenvalue weighted by molar-refractivity contribution is 0.378. The molecule has 13 heavy (non-hydrogen) atoms. The van der Waals surface area contributed by atoms with Gasteiger partial charge in [-0.3, -0.25) is 0 Å². The number of benzene rings is 1. The maximum Gasteiger partial charge on any atom is 0.166 e. The number of ether oxygens (including phenoxy) is 1. The van der Waals surface area contributed by atoms with Crippen LogP contribution in [0.3, 0.4) is 0 Å². The van der Waals surface area contributed by atoms with E-state index in [-0.39, 0.29) is 11.8 Å². The number of hydrogen-bond donors (Lipinski definition) is 1. The highest BCUT2D eigenvalue weighted by atomic mass is 79.9. The van der Waals surface area contributed by atoms with Crippen LogP contribution in [0.5, 0.6) is 5.75 Å². The average Bonchev–Trinajstić information content (AvgIpc) is 2.02. The van der Waals surface area contributed by atoms with Crippen molar-refractivity contribution in [3.05, 3.63) is 28.0 Å². The van der Waals surface area contributed by atoms with Gasteiger partial charge >= 0.3 is 0 Å². The summed E-state index contributed by atoms with van der Waals surface area (Å²) in [5.41, 5.74) is 6.32. The number of nitrogens with two attached hydrogens (primary N) is 1. The highest BCUT2D eigenvalue weighted by Gasteiger charge is 2.13. The molecule has 0 amide bonds. The molecule has 0 aliphatic heterocycles. The normalized spacial score (nSPS) is 12.7. The second-order valence-corrected chi connectivity index (χ2v) is 3.71. The van der Waals surface area contributed by atoms with Crippen molar-refractivity contribution in [3.8, 4) is 5.75 Å². The molecule has 0 heterocycles. The Kier molecular flexibility index (Phi) is 3.27. The quantitative estimate of drug-likeness (QED) is 0.873. The Morgan fingerprint density at radius 1 is 1.54 bits per heavy atom. The second-order valence-electron chi connectivity index (χ2n) is 2.80. The van der Waals surface area contributed by atoms with Gasteiger partial charge in [-0.25, -0.2) is 4.39 Å². The van der Waals surface area contributed by atoms with Gasteiger partial charge in [-0.2, -0.15) is 0 Å². The molecule has 4 heteroatoms. The molecule has 0 radical (unpaired) electrons. The maximum absolute atomic E-state index is 13.3. The summed E-state index contributed by atoms with van der Waals surface area (Å²) >= 11 is 3.19. The van der Waals surface area contributed by atoms with E-state index in [1.54, 1.807) is 13.0 Å². The first-order chi connectivity index (χ1) is 6.06. The Hall–Kier alpha value is -0.610. The van der Waals surface area contributed by atoms with Crippen LogP contribution < -0.4 is 10.5 Å². The van der Waals surface area contributed by atoms with E-state index in [1.807, 2.05) is 0 Å². The largest absolute Gasteiger partial charge is 0.493 e. The van der Waals surface area contributed by atoms with Gasteiger partial charge in [0.25, 0.3) is 0 Å². The van der Waals surface area contributed by atoms with Crippen LogP contribution in [0.2, 0.25) is 0 Å². The van der Waals surface area contributed by atoms with E-state index in [2.05, 4.69) is 15.9 Å². The predicted molar refractivity (Wildman–Crippen MR) is 53.3 cm³/mol. The summed E-state index contributed by atoms with van der Waals surface area (Å²) in [6.07, 6.45) is 0. The van der Waals surface area contributed by atoms with Gasteiger partial charge in [0, 0.05) is 16.1 Å². The van der Waals surface area contributed by atoms with Crippen molar-refractivity contribution in [2.75, 3.05) is 7.11 Å². The second kappa shape index (κ2) is 4.07. The molecule has 0 saturated heterocycles. The Morgan fingerprint density at radius 3 is 2.62 bits per heavy atom. The molecule has 0 aromatic heterocycles. The SMILES string of the molecule is COc1c(F)cc(Br)cc1[C@@H](C)N. The highest BCUT2D eigenvalue weighted by molar-refractivity contribution is 9.10. The van der Waals surface area contributed by atoms with Crippen molar-refractivity contribution in [1.82, 2.24) is 0 Å². The van der Waals surface area contributed by atoms with Crippen LogP contribution in [0.4, 0.5) is 4.39 Å². The summed E-state index contributed by atoms with van der Waals surface area (Å²) in [4.78, 5) is 0. The molecule has 0 aliphatic carbocycles. The highest BCUT2D eigenvalue weighted by Crippen LogP contribution is 2.30. The predicted octanol–water partition coefficient (Wildman–Crippen LogP) is 2.62. The summed E-state index contributed by atoms with van der Waals surface area (Å²) in [5, 5.41) is 0. The van der Waals surface area contributed by atoms with Crippen molar-refractivity contribution in [2.24, 2.45) is 5.73 Å². The molecular weight excluding hydrogens is 237 g/mol. The summed E-state index contributed by atoms with van der Waals surface area (Å²) in [6.45, 7) is 1.78. The van der Waals surface area contributed by atoms with Crippen LogP contribution in [0.1, 0.15) is 18.5 Å². The minimum Gasteiger partial charge on any atom is -0.493 e. The van der Waals surface area contributed by atoms with Crippen LogP contribution >= 0.6 is 15.9 Å². The van der Waals surface area contributed by atoms with Gasteiger partial charge < -0.3 is 10.5 Å². The molecule has 2 nitrogen and oxygen atoms in total. The van der Waals surface area contributed by atoms with Gasteiger partial charge in [-0.1, -0.05) is 15.9 Å². The molecule has 0 unspecified atom stereocenters. The van der Waals surface area contributed by atoms with E-state index in [0.717, 1.165) is 0 Å². The Balaban J connectivity index is 3.29. The Morgan fingerprint density at radius 2 is 2.15 bits per heavy atom. The molecule has 0 aliphatic rings. The van der Waals surface area contributed by atoms with E-state index < -0.39 is 5.82 Å². The van der Waals surface area contributed by atoms with E-state index in [1.165, 1.54) is 13.2 Å². The zero-order valence-electron chi connectivity index (χ0n) is 7.47. The van der Waals surface area contributed by atoms with Gasteiger partial charge in [-0.05, 0) is 19.1 Å². The number of halogens is 2. The first-order valence-corrected chi connectivity index (χ1v) is 4.64. The molecule has 0 saturated carbocycles. The fraction of sp³-hybridized carbons (Fsp3) is 0.333. The first-order valence-electron chi connectivity index (χ1n) is 3.84. The van der Waals surface area contributed by atoms with Crippen LogP contribution in [0.15, 0.2) is 16.6 Å². The third-order valence-electron chi connectivity index (χ3n) is 1.73. The molecule has 1 atom stereocenters. The lowest BCUT2D eigenvalue weighted by Crippen LogP contribution is -2.08. The molecule has 72 valence electrons. The van der Waals surface area contributed by atoms with Gasteiger partial charge in [0.2, 0.25) is 0 Å². The zero-order chi connectivity index (χ0) is 10.0. The van der Waals surface area contributed by atoms with Crippen LogP contribution in [0.25, 0.3) is 0 Å². The smallest absolute Gasteiger partial charge is 0.166 e. The fourth-order valence-electron chi connectivity index (χ4n) is 1.13. The molecule has 0 spiro atoms. The topological polar surface area (TPSA) is 35.2 Å². The average molecular weight is 248 g/mol. The number of rotatable bonds is 2. The van der Waals surface area contributed by atoms with Crippen molar-refractivity contribution in [2.45, 2.75) is 13.0 Å². The Labute approximate surface area is 85.0 Å². The van der Waals surface area contributed by atoms with Crippen molar-refractivity contribution in [1.29, 1.82) is 0 Å². The molecule has 1 aromatic rings. The van der Waals surface area contributed by atoms with E-state index >= 15 is 0 Å². The molecule has 1 rings (SSSR count). The molecule has 0 bridgehead atoms. The van der Waals surface area contributed by atoms with E-state index in [9.17, 15) is 4.39 Å². The zero-order valence-corrected chi connectivity index (χ0v) is 9.06. The third-order valence-corrected chi connectivity index (χ3v) is 2.19. The minimum atomic E-state index is -0.399. The van der Waals surface area contributed by atoms with Gasteiger partial charge in [0.05, 0.1) is 7.11 Å². The third kappa shape index (κ3) is 2.19. The minimum absolute atomic E-state index is 0.221. The molecule has 1 aromatic carbocycles. The molecule has 2 N–H and O–H groups in total. The van der Waals surface area contributed by atoms with E-state index in [0.29, 0.717) is 10.0 Å². The van der Waals surface area contributed by atoms with Gasteiger partial charge in [-0.15, -0.1) is 0 Å². The summed E-state index contributed by atoms with van der Waals surface area (Å²) in [7, 11) is 1.43. The summed E-state index contributed by atoms with van der Waals surface area (Å²) < 4.78 is 18.8. The lowest BCUT2D eigenvalue weighted by Gasteiger charge is -2.12. The van der Waals surface area contributed by atoms with Crippen molar-refractivity contribution >= 4 is 15.9 Å². The molecular formula is C9H11BrFNO. The first kappa shape index (κ1) is 10.5. The standard InChI is InChI=1S/C9H11BrFNO/c1-5(12)7-3-6(10)4-8(11)9(7)13-2/h3-5H,12H2,1-2H3/t5-/m1/s1. The van der Waals surface area contributed by atoms with Crippen LogP contribution in [-0.4, -0.2) is 7.11 Å². The van der Waals surface area contributed by atoms with Crippen LogP contribution in [-0.2, 0) is 0 Å². The monoisotopic (exact) mass is 247 g/mol. The molecule has 0 fully saturated rings. The summed E-state index contributed by atoms with van der Waals surface area (Å²) in [5.74, 6) is -0.178. The Bertz CT molecular complexity index is 315. The van der Waals surface area contributed by atoms with E-state index in [4.69, 9.17) is 10.5 Å². The van der Waals surface area contributed by atoms with Crippen molar-refractivity contribution < 1.29 is 9.13 Å². The van der Waals surface area contributed by atoms with Crippen molar-refractivity contribution in [3.63, 3.8) is 0 Å². The number of methoxy groups -OCH3 is 1. The van der Waals surface area contributed by atoms with Gasteiger partial charge in [0.1, 0.15) is 0 Å². The summed E-state index contributed by atoms with van der Waals surface area (Å²) in [6, 6.07) is 2.86. The van der Waals surface area contributed by atoms with Crippen LogP contribution in [0, 0.1) is 5.82 Å².